The molecule has 2 aromatic rings. The van der Waals surface area contributed by atoms with Crippen LogP contribution in [0.4, 0.5) is 0 Å². The van der Waals surface area contributed by atoms with Gasteiger partial charge in [0, 0.05) is 13.4 Å². The number of benzene rings is 2. The Labute approximate surface area is 213 Å². The summed E-state index contributed by atoms with van der Waals surface area (Å²) in [6.45, 7) is 0. The Hall–Kier alpha value is -0.740. The monoisotopic (exact) mass is 647 g/mol. The first-order valence-electron chi connectivity index (χ1n) is 10.7. The number of carbonyl (C=O) groups excluding carboxylic acids is 1. The van der Waals surface area contributed by atoms with Crippen LogP contribution in [0, 0.1) is 0 Å². The van der Waals surface area contributed by atoms with Gasteiger partial charge in [0.2, 0.25) is 0 Å². The number of rotatable bonds is 5. The quantitative estimate of drug-likeness (QED) is 0.146. The minimum atomic E-state index is -4.65. The number of hydrogen-bond donors (Lipinski definition) is 0. The number of hydrogen-bond acceptors (Lipinski definition) is 5. The predicted molar refractivity (Wildman–Crippen MR) is 131 cm³/mol. The lowest BCUT2D eigenvalue weighted by Gasteiger charge is -2.23. The summed E-state index contributed by atoms with van der Waals surface area (Å²) in [5.74, 6) is -0.142. The van der Waals surface area contributed by atoms with Crippen LogP contribution in [0.25, 0.3) is 0 Å². The molecule has 2 aliphatic carbocycles. The zero-order valence-corrected chi connectivity index (χ0v) is 22.8. The molecule has 4 rings (SSSR count). The molecule has 2 aliphatic rings. The fourth-order valence-corrected chi connectivity index (χ4v) is 7.27. The molecular formula is C23H22Br3O5S-. The van der Waals surface area contributed by atoms with Crippen molar-refractivity contribution in [2.75, 3.05) is 0 Å². The molecule has 0 radical (unpaired) electrons. The summed E-state index contributed by atoms with van der Waals surface area (Å²) in [5.41, 5.74) is 1.46. The Morgan fingerprint density at radius 1 is 0.875 bits per heavy atom. The summed E-state index contributed by atoms with van der Waals surface area (Å²) < 4.78 is 44.4. The molecule has 0 atom stereocenters. The van der Waals surface area contributed by atoms with Crippen molar-refractivity contribution < 1.29 is 22.5 Å². The summed E-state index contributed by atoms with van der Waals surface area (Å²) in [5, 5.41) is 0. The molecule has 2 saturated carbocycles. The van der Waals surface area contributed by atoms with Gasteiger partial charge in [0.15, 0.2) is 0 Å². The summed E-state index contributed by atoms with van der Waals surface area (Å²) >= 11 is 10.2. The van der Waals surface area contributed by atoms with E-state index >= 15 is 0 Å². The maximum absolute atomic E-state index is 13.1. The first-order valence-corrected chi connectivity index (χ1v) is 14.4. The Balaban J connectivity index is 1.82. The summed E-state index contributed by atoms with van der Waals surface area (Å²) in [6, 6.07) is 6.62. The van der Waals surface area contributed by atoms with E-state index in [1.807, 2.05) is 6.07 Å². The topological polar surface area (TPSA) is 83.5 Å². The van der Waals surface area contributed by atoms with Crippen LogP contribution in [0.1, 0.15) is 84.7 Å². The molecule has 0 saturated heterocycles. The molecule has 0 amide bonds. The van der Waals surface area contributed by atoms with Crippen molar-refractivity contribution in [3.05, 3.63) is 54.4 Å². The smallest absolute Gasteiger partial charge is 0.344 e. The molecule has 172 valence electrons. The van der Waals surface area contributed by atoms with E-state index in [9.17, 15) is 17.8 Å². The molecule has 0 aliphatic heterocycles. The van der Waals surface area contributed by atoms with E-state index < -0.39 is 16.1 Å². The molecular weight excluding hydrogens is 628 g/mol. The summed E-state index contributed by atoms with van der Waals surface area (Å²) in [6.07, 6.45) is 7.41. The average molecular weight is 650 g/mol. The maximum atomic E-state index is 13.1. The number of esters is 1. The Bertz CT molecular complexity index is 1150. The molecule has 5 nitrogen and oxygen atoms in total. The molecule has 2 aromatic carbocycles. The second-order valence-electron chi connectivity index (χ2n) is 8.48. The second kappa shape index (κ2) is 9.86. The number of halogens is 3. The lowest BCUT2D eigenvalue weighted by molar-refractivity contribution is 0.0731. The van der Waals surface area contributed by atoms with Gasteiger partial charge in [-0.05, 0) is 105 Å². The summed E-state index contributed by atoms with van der Waals surface area (Å²) in [7, 11) is -4.65. The SMILES string of the molecule is O=C(Oc1cc(C2CCCC2)c(S(=O)(=O)[O-])cc1C1CCCC1)c1cc(Br)cc(Br)c1Br. The average Bonchev–Trinajstić information content (AvgIpc) is 3.43. The molecule has 0 aromatic heterocycles. The van der Waals surface area contributed by atoms with Gasteiger partial charge in [-0.15, -0.1) is 0 Å². The number of carbonyl (C=O) groups is 1. The molecule has 0 unspecified atom stereocenters. The molecule has 0 bridgehead atoms. The van der Waals surface area contributed by atoms with E-state index in [-0.39, 0.29) is 16.7 Å². The fourth-order valence-electron chi connectivity index (χ4n) is 4.87. The van der Waals surface area contributed by atoms with Crippen LogP contribution in [-0.2, 0) is 10.1 Å². The fraction of sp³-hybridized carbons (Fsp3) is 0.435. The lowest BCUT2D eigenvalue weighted by atomic mass is 9.91. The van der Waals surface area contributed by atoms with Crippen LogP contribution in [0.5, 0.6) is 5.75 Å². The Kier molecular flexibility index (Phi) is 7.51. The highest BCUT2D eigenvalue weighted by Crippen LogP contribution is 2.45. The maximum Gasteiger partial charge on any atom is 0.344 e. The molecule has 32 heavy (non-hydrogen) atoms. The van der Waals surface area contributed by atoms with Gasteiger partial charge in [-0.3, -0.25) is 0 Å². The van der Waals surface area contributed by atoms with Crippen molar-refractivity contribution in [2.24, 2.45) is 0 Å². The first-order chi connectivity index (χ1) is 15.1. The van der Waals surface area contributed by atoms with Crippen LogP contribution in [-0.4, -0.2) is 18.9 Å². The summed E-state index contributed by atoms with van der Waals surface area (Å²) in [4.78, 5) is 13.0. The van der Waals surface area contributed by atoms with Crippen molar-refractivity contribution in [2.45, 2.75) is 68.1 Å². The van der Waals surface area contributed by atoms with Crippen molar-refractivity contribution >= 4 is 63.9 Å². The largest absolute Gasteiger partial charge is 0.744 e. The highest BCUT2D eigenvalue weighted by Gasteiger charge is 2.29. The van der Waals surface area contributed by atoms with E-state index in [1.54, 1.807) is 12.1 Å². The molecule has 9 heteroatoms. The van der Waals surface area contributed by atoms with Crippen LogP contribution in [0.2, 0.25) is 0 Å². The molecule has 0 spiro atoms. The third kappa shape index (κ3) is 5.17. The van der Waals surface area contributed by atoms with Crippen molar-refractivity contribution in [3.63, 3.8) is 0 Å². The number of ether oxygens (including phenoxy) is 1. The van der Waals surface area contributed by atoms with Crippen molar-refractivity contribution in [3.8, 4) is 5.75 Å². The minimum Gasteiger partial charge on any atom is -0.744 e. The van der Waals surface area contributed by atoms with Gasteiger partial charge in [0.1, 0.15) is 15.9 Å². The van der Waals surface area contributed by atoms with Crippen molar-refractivity contribution in [1.29, 1.82) is 0 Å². The van der Waals surface area contributed by atoms with Gasteiger partial charge in [0.05, 0.1) is 10.5 Å². The standard InChI is InChI=1S/C23H23Br3O5S/c24-15-9-18(22(26)19(25)10-15)23(27)31-20-11-17(14-7-3-4-8-14)21(32(28,29)30)12-16(20)13-5-1-2-6-13/h9-14H,1-8H2,(H,28,29,30)/p-1. The highest BCUT2D eigenvalue weighted by molar-refractivity contribution is 9.13. The first kappa shape index (κ1) is 24.4. The van der Waals surface area contributed by atoms with E-state index in [0.717, 1.165) is 55.8 Å². The van der Waals surface area contributed by atoms with Gasteiger partial charge in [-0.1, -0.05) is 41.6 Å². The van der Waals surface area contributed by atoms with Crippen LogP contribution >= 0.6 is 47.8 Å². The van der Waals surface area contributed by atoms with Crippen LogP contribution < -0.4 is 4.74 Å². The zero-order valence-electron chi connectivity index (χ0n) is 17.2. The van der Waals surface area contributed by atoms with E-state index in [4.69, 9.17) is 4.74 Å². The van der Waals surface area contributed by atoms with E-state index in [0.29, 0.717) is 31.4 Å². The van der Waals surface area contributed by atoms with Gasteiger partial charge in [0.25, 0.3) is 0 Å². The highest BCUT2D eigenvalue weighted by atomic mass is 79.9. The third-order valence-corrected chi connectivity index (χ3v) is 9.78. The van der Waals surface area contributed by atoms with Crippen LogP contribution in [0.3, 0.4) is 0 Å². The second-order valence-corrected chi connectivity index (χ2v) is 12.4. The van der Waals surface area contributed by atoms with Gasteiger partial charge in [-0.25, -0.2) is 13.2 Å². The third-order valence-electron chi connectivity index (χ3n) is 6.42. The normalized spacial score (nSPS) is 17.8. The van der Waals surface area contributed by atoms with Gasteiger partial charge < -0.3 is 9.29 Å². The van der Waals surface area contributed by atoms with Gasteiger partial charge >= 0.3 is 5.97 Å². The van der Waals surface area contributed by atoms with Crippen LogP contribution in [0.15, 0.2) is 42.6 Å². The Morgan fingerprint density at radius 3 is 2.00 bits per heavy atom. The zero-order chi connectivity index (χ0) is 23.0. The molecule has 0 N–H and O–H groups in total. The van der Waals surface area contributed by atoms with Gasteiger partial charge in [-0.2, -0.15) is 0 Å². The van der Waals surface area contributed by atoms with Crippen molar-refractivity contribution in [1.82, 2.24) is 0 Å². The Morgan fingerprint density at radius 2 is 1.44 bits per heavy atom. The minimum absolute atomic E-state index is 0.0180. The predicted octanol–water partition coefficient (Wildman–Crippen LogP) is 7.41. The van der Waals surface area contributed by atoms with E-state index in [2.05, 4.69) is 47.8 Å². The molecule has 0 heterocycles. The lowest BCUT2D eigenvalue weighted by Crippen LogP contribution is -2.14. The van der Waals surface area contributed by atoms with E-state index in [1.165, 1.54) is 6.07 Å². The molecule has 2 fully saturated rings.